The number of esters is 1. The number of ether oxygens (including phenoxy) is 1. The first-order chi connectivity index (χ1) is 15.4. The van der Waals surface area contributed by atoms with Crippen LogP contribution >= 0.6 is 0 Å². The molecule has 1 aromatic rings. The van der Waals surface area contributed by atoms with Crippen molar-refractivity contribution in [1.29, 1.82) is 0 Å². The van der Waals surface area contributed by atoms with Crippen LogP contribution in [0.1, 0.15) is 39.5 Å². The average Bonchev–Trinajstić information content (AvgIpc) is 2.80. The van der Waals surface area contributed by atoms with E-state index in [1.807, 2.05) is 6.92 Å². The van der Waals surface area contributed by atoms with Crippen molar-refractivity contribution in [1.82, 2.24) is 15.1 Å². The number of hydrogen-bond acceptors (Lipinski definition) is 5. The molecule has 9 heteroatoms. The van der Waals surface area contributed by atoms with Gasteiger partial charge in [-0.3, -0.25) is 14.5 Å². The van der Waals surface area contributed by atoms with Crippen molar-refractivity contribution in [2.45, 2.75) is 51.6 Å². The molecular formula is C23H33FN4O4. The number of amides is 3. The molecule has 0 saturated carbocycles. The summed E-state index contributed by atoms with van der Waals surface area (Å²) in [5.74, 6) is -0.773. The minimum Gasteiger partial charge on any atom is -0.466 e. The molecule has 2 saturated heterocycles. The molecule has 0 aliphatic carbocycles. The Morgan fingerprint density at radius 1 is 1.12 bits per heavy atom. The predicted molar refractivity (Wildman–Crippen MR) is 119 cm³/mol. The van der Waals surface area contributed by atoms with Crippen LogP contribution in [0.25, 0.3) is 0 Å². The van der Waals surface area contributed by atoms with E-state index < -0.39 is 0 Å². The van der Waals surface area contributed by atoms with E-state index >= 15 is 0 Å². The number of urea groups is 1. The highest BCUT2D eigenvalue weighted by Crippen LogP contribution is 2.21. The van der Waals surface area contributed by atoms with Crippen LogP contribution in [-0.2, 0) is 14.3 Å². The van der Waals surface area contributed by atoms with Crippen LogP contribution in [0.15, 0.2) is 24.3 Å². The van der Waals surface area contributed by atoms with Crippen LogP contribution in [-0.4, -0.2) is 72.6 Å². The third-order valence-corrected chi connectivity index (χ3v) is 6.22. The molecule has 0 aromatic heterocycles. The van der Waals surface area contributed by atoms with E-state index in [9.17, 15) is 18.8 Å². The Kier molecular flexibility index (Phi) is 8.44. The predicted octanol–water partition coefficient (Wildman–Crippen LogP) is 2.60. The van der Waals surface area contributed by atoms with Crippen LogP contribution in [0.2, 0.25) is 0 Å². The highest BCUT2D eigenvalue weighted by atomic mass is 19.1. The molecular weight excluding hydrogens is 415 g/mol. The normalized spacial score (nSPS) is 21.0. The molecule has 0 spiro atoms. The monoisotopic (exact) mass is 448 g/mol. The summed E-state index contributed by atoms with van der Waals surface area (Å²) < 4.78 is 18.1. The van der Waals surface area contributed by atoms with E-state index in [1.165, 1.54) is 24.3 Å². The van der Waals surface area contributed by atoms with Gasteiger partial charge in [-0.15, -0.1) is 0 Å². The fraction of sp³-hybridized carbons (Fsp3) is 0.609. The molecule has 2 unspecified atom stereocenters. The van der Waals surface area contributed by atoms with Crippen molar-refractivity contribution >= 4 is 23.6 Å². The number of rotatable bonds is 6. The molecule has 2 aliphatic heterocycles. The number of benzene rings is 1. The molecule has 0 bridgehead atoms. The quantitative estimate of drug-likeness (QED) is 0.653. The first-order valence-electron chi connectivity index (χ1n) is 11.4. The maximum absolute atomic E-state index is 13.0. The smallest absolute Gasteiger partial charge is 0.319 e. The summed E-state index contributed by atoms with van der Waals surface area (Å²) in [6.45, 7) is 6.53. The maximum atomic E-state index is 13.0. The van der Waals surface area contributed by atoms with E-state index in [0.717, 1.165) is 25.7 Å². The van der Waals surface area contributed by atoms with Crippen molar-refractivity contribution in [3.05, 3.63) is 30.1 Å². The van der Waals surface area contributed by atoms with Crippen LogP contribution in [0.5, 0.6) is 0 Å². The van der Waals surface area contributed by atoms with Crippen molar-refractivity contribution < 1.29 is 23.5 Å². The number of piperidine rings is 2. The van der Waals surface area contributed by atoms with Crippen molar-refractivity contribution in [3.8, 4) is 0 Å². The van der Waals surface area contributed by atoms with Crippen LogP contribution in [0.4, 0.5) is 14.9 Å². The zero-order chi connectivity index (χ0) is 23.1. The molecule has 3 amide bonds. The number of carbonyl (C=O) groups is 3. The molecule has 0 radical (unpaired) electrons. The average molecular weight is 449 g/mol. The Balaban J connectivity index is 1.43. The van der Waals surface area contributed by atoms with Gasteiger partial charge in [0, 0.05) is 37.9 Å². The van der Waals surface area contributed by atoms with E-state index in [0.29, 0.717) is 38.5 Å². The summed E-state index contributed by atoms with van der Waals surface area (Å²) in [6, 6.07) is 5.03. The van der Waals surface area contributed by atoms with Crippen molar-refractivity contribution in [2.24, 2.45) is 5.92 Å². The highest BCUT2D eigenvalue weighted by Gasteiger charge is 2.34. The Morgan fingerprint density at radius 3 is 2.47 bits per heavy atom. The lowest BCUT2D eigenvalue weighted by Gasteiger charge is -2.39. The number of nitrogens with one attached hydrogen (secondary N) is 2. The number of halogens is 1. The van der Waals surface area contributed by atoms with Gasteiger partial charge >= 0.3 is 12.0 Å². The summed E-state index contributed by atoms with van der Waals surface area (Å²) in [4.78, 5) is 41.2. The number of hydrogen-bond donors (Lipinski definition) is 2. The van der Waals surface area contributed by atoms with E-state index in [4.69, 9.17) is 4.74 Å². The van der Waals surface area contributed by atoms with Crippen LogP contribution in [0, 0.1) is 11.7 Å². The standard InChI is InChI=1S/C23H33FN4O4/c1-3-32-22(30)17-5-4-12-28(15-17)21(29)16(2)27-13-10-20(11-14-27)26-23(31)25-19-8-6-18(24)7-9-19/h6-9,16-17,20H,3-5,10-15H2,1-2H3,(H2,25,26,31). The molecule has 2 fully saturated rings. The first kappa shape index (κ1) is 24.0. The SMILES string of the molecule is CCOC(=O)C1CCCN(C(=O)C(C)N2CCC(NC(=O)Nc3ccc(F)cc3)CC2)C1. The molecule has 2 aliphatic rings. The van der Waals surface area contributed by atoms with Crippen molar-refractivity contribution in [3.63, 3.8) is 0 Å². The minimum absolute atomic E-state index is 0.0113. The maximum Gasteiger partial charge on any atom is 0.319 e. The number of anilines is 1. The highest BCUT2D eigenvalue weighted by molar-refractivity contribution is 5.89. The summed E-state index contributed by atoms with van der Waals surface area (Å²) in [5, 5.41) is 5.65. The van der Waals surface area contributed by atoms with Gasteiger partial charge in [0.1, 0.15) is 5.82 Å². The zero-order valence-corrected chi connectivity index (χ0v) is 18.8. The Morgan fingerprint density at radius 2 is 1.81 bits per heavy atom. The number of nitrogens with zero attached hydrogens (tertiary/aromatic N) is 2. The van der Waals surface area contributed by atoms with Gasteiger partial charge in [-0.25, -0.2) is 9.18 Å². The molecule has 2 atom stereocenters. The first-order valence-corrected chi connectivity index (χ1v) is 11.4. The fourth-order valence-corrected chi connectivity index (χ4v) is 4.37. The van der Waals surface area contributed by atoms with E-state index in [-0.39, 0.29) is 41.7 Å². The summed E-state index contributed by atoms with van der Waals surface area (Å²) in [7, 11) is 0. The molecule has 1 aromatic carbocycles. The number of carbonyl (C=O) groups excluding carboxylic acids is 3. The Hall–Kier alpha value is -2.68. The Bertz CT molecular complexity index is 796. The zero-order valence-electron chi connectivity index (χ0n) is 18.8. The van der Waals surface area contributed by atoms with Gasteiger partial charge in [0.2, 0.25) is 5.91 Å². The molecule has 2 N–H and O–H groups in total. The summed E-state index contributed by atoms with van der Waals surface area (Å²) >= 11 is 0. The van der Waals surface area contributed by atoms with Crippen LogP contribution in [0.3, 0.4) is 0 Å². The lowest BCUT2D eigenvalue weighted by atomic mass is 9.97. The fourth-order valence-electron chi connectivity index (χ4n) is 4.37. The van der Waals surface area contributed by atoms with Gasteiger partial charge in [0.15, 0.2) is 0 Å². The van der Waals surface area contributed by atoms with Gasteiger partial charge in [0.05, 0.1) is 18.6 Å². The van der Waals surface area contributed by atoms with Gasteiger partial charge < -0.3 is 20.3 Å². The summed E-state index contributed by atoms with van der Waals surface area (Å²) in [5.41, 5.74) is 0.531. The topological polar surface area (TPSA) is 91.0 Å². The van der Waals surface area contributed by atoms with Gasteiger partial charge in [-0.1, -0.05) is 0 Å². The third kappa shape index (κ3) is 6.41. The molecule has 8 nitrogen and oxygen atoms in total. The molecule has 32 heavy (non-hydrogen) atoms. The Labute approximate surface area is 188 Å². The van der Waals surface area contributed by atoms with E-state index in [1.54, 1.807) is 11.8 Å². The van der Waals surface area contributed by atoms with Crippen LogP contribution < -0.4 is 10.6 Å². The third-order valence-electron chi connectivity index (χ3n) is 6.22. The van der Waals surface area contributed by atoms with Crippen molar-refractivity contribution in [2.75, 3.05) is 38.1 Å². The van der Waals surface area contributed by atoms with Gasteiger partial charge in [0.25, 0.3) is 0 Å². The molecule has 3 rings (SSSR count). The summed E-state index contributed by atoms with van der Waals surface area (Å²) in [6.07, 6.45) is 3.03. The van der Waals surface area contributed by atoms with Gasteiger partial charge in [-0.05, 0) is 63.8 Å². The second-order valence-corrected chi connectivity index (χ2v) is 8.47. The second-order valence-electron chi connectivity index (χ2n) is 8.47. The number of likely N-dealkylation sites (tertiary alicyclic amines) is 2. The van der Waals surface area contributed by atoms with E-state index in [2.05, 4.69) is 15.5 Å². The molecule has 176 valence electrons. The lowest BCUT2D eigenvalue weighted by molar-refractivity contribution is -0.152. The molecule has 2 heterocycles. The second kappa shape index (κ2) is 11.3. The minimum atomic E-state index is -0.354. The largest absolute Gasteiger partial charge is 0.466 e. The lowest BCUT2D eigenvalue weighted by Crippen LogP contribution is -2.54. The van der Waals surface area contributed by atoms with Gasteiger partial charge in [-0.2, -0.15) is 0 Å².